The summed E-state index contributed by atoms with van der Waals surface area (Å²) in [4.78, 5) is 11.6. The standard InChI is InChI=1S/C94H106N2/c1-7-11-15-19-23-29-54-93(55-30-24-20-16-12-8-2)85-59-68(6)44-50-81(85)83-52-48-74(64-87(83)93)89-66-90(96-92(95-89)78-61-76-41-34-37-69-45-46-77(62-78)91(69)76)75-49-53-84-82-51-47-71(70-38-35-40-73(60-70)80-43-28-27-42-79(80)72-39-33-36-67(5)58-72)63-86(82)94(88(84)65-75,56-31-25-21-17-13-9-3)57-32-26-22-18-14-10-4/h27-28,33-53,58-66H,7-26,29-32,54-57H2,1-6H3. The number of hydrogen-bond acceptors (Lipinski definition) is 2. The third-order valence-electron chi connectivity index (χ3n) is 22.5. The SMILES string of the molecule is CCCCCCCCC1(CCCCCCCC)c2cc(C)ccc2-c2ccc(-c3cc(-c4ccc5c(c4)C(CCCCCCCC)(CCCCCCCC)c4cc(-c6cccc(-c7ccccc7-c7cccc(C)c7)c6)ccc4-5)nc(-c4cc5c6c(cccc6c4)C=C5)n3)cc21. The molecule has 13 rings (SSSR count). The van der Waals surface area contributed by atoms with E-state index in [0.29, 0.717) is 0 Å². The van der Waals surface area contributed by atoms with Crippen LogP contribution in [-0.4, -0.2) is 9.97 Å². The van der Waals surface area contributed by atoms with Crippen LogP contribution in [0.1, 0.15) is 252 Å². The molecule has 3 aliphatic carbocycles. The molecule has 0 unspecified atom stereocenters. The lowest BCUT2D eigenvalue weighted by atomic mass is 9.70. The topological polar surface area (TPSA) is 25.8 Å². The van der Waals surface area contributed by atoms with Crippen LogP contribution in [0.2, 0.25) is 0 Å². The van der Waals surface area contributed by atoms with Crippen LogP contribution >= 0.6 is 0 Å². The number of aromatic nitrogens is 2. The van der Waals surface area contributed by atoms with Crippen LogP contribution in [0.25, 0.3) is 112 Å². The zero-order valence-corrected chi connectivity index (χ0v) is 59.2. The normalized spacial score (nSPS) is 13.6. The Labute approximate surface area is 577 Å². The lowest BCUT2D eigenvalue weighted by molar-refractivity contribution is 0.398. The quantitative estimate of drug-likeness (QED) is 0.0376. The van der Waals surface area contributed by atoms with E-state index in [4.69, 9.17) is 9.97 Å². The average Bonchev–Trinajstić information content (AvgIpc) is 1.57. The van der Waals surface area contributed by atoms with E-state index in [1.807, 2.05) is 0 Å². The van der Waals surface area contributed by atoms with Gasteiger partial charge in [0.1, 0.15) is 0 Å². The molecular formula is C94H106N2. The van der Waals surface area contributed by atoms with E-state index in [1.165, 1.54) is 283 Å². The fraction of sp³-hybridized carbons (Fsp3) is 0.383. The number of nitrogens with zero attached hydrogens (tertiary/aromatic N) is 2. The van der Waals surface area contributed by atoms with Gasteiger partial charge in [-0.25, -0.2) is 9.97 Å². The lowest BCUT2D eigenvalue weighted by Crippen LogP contribution is -2.26. The molecule has 0 atom stereocenters. The fourth-order valence-electron chi connectivity index (χ4n) is 17.4. The van der Waals surface area contributed by atoms with Crippen molar-refractivity contribution in [3.8, 4) is 89.5 Å². The molecule has 2 heteroatoms. The summed E-state index contributed by atoms with van der Waals surface area (Å²) >= 11 is 0. The van der Waals surface area contributed by atoms with Crippen LogP contribution in [0.15, 0.2) is 182 Å². The first-order valence-electron chi connectivity index (χ1n) is 38.2. The van der Waals surface area contributed by atoms with E-state index in [2.05, 4.69) is 236 Å². The Kier molecular flexibility index (Phi) is 21.6. The summed E-state index contributed by atoms with van der Waals surface area (Å²) in [6.07, 6.45) is 40.2. The summed E-state index contributed by atoms with van der Waals surface area (Å²) < 4.78 is 0. The first-order chi connectivity index (χ1) is 47.2. The van der Waals surface area contributed by atoms with Crippen LogP contribution in [0, 0.1) is 13.8 Å². The molecule has 0 aliphatic heterocycles. The molecule has 3 aliphatic rings. The summed E-state index contributed by atoms with van der Waals surface area (Å²) in [7, 11) is 0. The van der Waals surface area contributed by atoms with Crippen LogP contribution < -0.4 is 0 Å². The van der Waals surface area contributed by atoms with Gasteiger partial charge in [0.25, 0.3) is 0 Å². The van der Waals surface area contributed by atoms with Gasteiger partial charge in [-0.2, -0.15) is 0 Å². The fourth-order valence-corrected chi connectivity index (χ4v) is 17.4. The van der Waals surface area contributed by atoms with Gasteiger partial charge in [0.15, 0.2) is 5.82 Å². The predicted molar refractivity (Wildman–Crippen MR) is 415 cm³/mol. The molecule has 0 spiro atoms. The molecule has 0 saturated heterocycles. The first kappa shape index (κ1) is 66.7. The molecule has 0 radical (unpaired) electrons. The summed E-state index contributed by atoms with van der Waals surface area (Å²) in [6.45, 7) is 13.9. The van der Waals surface area contributed by atoms with Gasteiger partial charge in [0, 0.05) is 27.5 Å². The van der Waals surface area contributed by atoms with Crippen molar-refractivity contribution < 1.29 is 0 Å². The molecule has 0 bridgehead atoms. The van der Waals surface area contributed by atoms with Crippen molar-refractivity contribution in [2.45, 2.75) is 232 Å². The van der Waals surface area contributed by atoms with Gasteiger partial charge in [0.05, 0.1) is 11.4 Å². The molecule has 0 saturated carbocycles. The maximum absolute atomic E-state index is 5.80. The second-order valence-electron chi connectivity index (χ2n) is 29.4. The van der Waals surface area contributed by atoms with Gasteiger partial charge < -0.3 is 0 Å². The number of unbranched alkanes of at least 4 members (excludes halogenated alkanes) is 20. The molecular weight excluding hydrogens is 1160 g/mol. The molecule has 9 aromatic carbocycles. The van der Waals surface area contributed by atoms with E-state index >= 15 is 0 Å². The third kappa shape index (κ3) is 14.1. The van der Waals surface area contributed by atoms with E-state index in [9.17, 15) is 0 Å². The Morgan fingerprint density at radius 2 is 0.677 bits per heavy atom. The van der Waals surface area contributed by atoms with Gasteiger partial charge in [0.2, 0.25) is 0 Å². The van der Waals surface area contributed by atoms with Gasteiger partial charge in [-0.1, -0.05) is 345 Å². The Bertz CT molecular complexity index is 4330. The van der Waals surface area contributed by atoms with Crippen molar-refractivity contribution in [1.82, 2.24) is 9.97 Å². The number of fused-ring (bicyclic) bond motifs is 6. The number of rotatable bonds is 34. The molecule has 0 fully saturated rings. The van der Waals surface area contributed by atoms with Crippen molar-refractivity contribution in [2.24, 2.45) is 0 Å². The highest BCUT2D eigenvalue weighted by Crippen LogP contribution is 2.58. The van der Waals surface area contributed by atoms with Crippen molar-refractivity contribution in [3.63, 3.8) is 0 Å². The minimum absolute atomic E-state index is 0.0481. The highest BCUT2D eigenvalue weighted by Gasteiger charge is 2.44. The second kappa shape index (κ2) is 31.1. The van der Waals surface area contributed by atoms with Crippen molar-refractivity contribution in [1.29, 1.82) is 0 Å². The van der Waals surface area contributed by atoms with Gasteiger partial charge in [-0.05, 0) is 182 Å². The minimum atomic E-state index is -0.157. The molecule has 1 aromatic heterocycles. The van der Waals surface area contributed by atoms with Crippen LogP contribution in [0.3, 0.4) is 0 Å². The number of aryl methyl sites for hydroxylation is 2. The lowest BCUT2D eigenvalue weighted by Gasteiger charge is -2.33. The monoisotopic (exact) mass is 1260 g/mol. The summed E-state index contributed by atoms with van der Waals surface area (Å²) in [5.41, 5.74) is 29.8. The molecule has 96 heavy (non-hydrogen) atoms. The van der Waals surface area contributed by atoms with Crippen LogP contribution in [-0.2, 0) is 10.8 Å². The van der Waals surface area contributed by atoms with Gasteiger partial charge >= 0.3 is 0 Å². The minimum Gasteiger partial charge on any atom is -0.228 e. The number of hydrogen-bond donors (Lipinski definition) is 0. The van der Waals surface area contributed by atoms with Crippen molar-refractivity contribution >= 4 is 22.9 Å². The van der Waals surface area contributed by atoms with E-state index in [0.717, 1.165) is 35.6 Å². The molecule has 1 heterocycles. The van der Waals surface area contributed by atoms with E-state index in [-0.39, 0.29) is 10.8 Å². The molecule has 0 N–H and O–H groups in total. The third-order valence-corrected chi connectivity index (χ3v) is 22.5. The van der Waals surface area contributed by atoms with E-state index in [1.54, 1.807) is 5.56 Å². The second-order valence-corrected chi connectivity index (χ2v) is 29.4. The predicted octanol–water partition coefficient (Wildman–Crippen LogP) is 28.3. The summed E-state index contributed by atoms with van der Waals surface area (Å²) in [6, 6.07) is 71.1. The Morgan fingerprint density at radius 1 is 0.271 bits per heavy atom. The van der Waals surface area contributed by atoms with Crippen LogP contribution in [0.5, 0.6) is 0 Å². The number of benzene rings is 9. The zero-order valence-electron chi connectivity index (χ0n) is 59.2. The largest absolute Gasteiger partial charge is 0.228 e. The van der Waals surface area contributed by atoms with E-state index < -0.39 is 0 Å². The first-order valence-corrected chi connectivity index (χ1v) is 38.2. The van der Waals surface area contributed by atoms with Crippen LogP contribution in [0.4, 0.5) is 0 Å². The highest BCUT2D eigenvalue weighted by atomic mass is 14.9. The molecule has 2 nitrogen and oxygen atoms in total. The molecule has 492 valence electrons. The summed E-state index contributed by atoms with van der Waals surface area (Å²) in [5, 5.41) is 2.56. The summed E-state index contributed by atoms with van der Waals surface area (Å²) in [5.74, 6) is 0.791. The highest BCUT2D eigenvalue weighted by molar-refractivity contribution is 6.06. The zero-order chi connectivity index (χ0) is 65.9. The molecule has 10 aromatic rings. The Balaban J connectivity index is 0.949. The van der Waals surface area contributed by atoms with Gasteiger partial charge in [-0.15, -0.1) is 0 Å². The average molecular weight is 1260 g/mol. The maximum atomic E-state index is 5.80. The maximum Gasteiger partial charge on any atom is 0.160 e. The van der Waals surface area contributed by atoms with Crippen molar-refractivity contribution in [3.05, 3.63) is 226 Å². The smallest absolute Gasteiger partial charge is 0.160 e. The Morgan fingerprint density at radius 3 is 1.20 bits per heavy atom. The molecule has 0 amide bonds. The van der Waals surface area contributed by atoms with Gasteiger partial charge in [-0.3, -0.25) is 0 Å². The van der Waals surface area contributed by atoms with Crippen molar-refractivity contribution in [2.75, 3.05) is 0 Å². The Hall–Kier alpha value is -7.94.